The Hall–Kier alpha value is -1.51. The minimum absolute atomic E-state index is 0.389. The van der Waals surface area contributed by atoms with Crippen LogP contribution >= 0.6 is 0 Å². The Morgan fingerprint density at radius 1 is 1.11 bits per heavy atom. The minimum atomic E-state index is 0.389. The van der Waals surface area contributed by atoms with E-state index in [0.29, 0.717) is 17.9 Å². The predicted octanol–water partition coefficient (Wildman–Crippen LogP) is 3.00. The van der Waals surface area contributed by atoms with E-state index in [2.05, 4.69) is 73.7 Å². The molecule has 0 saturated carbocycles. The van der Waals surface area contributed by atoms with Gasteiger partial charge in [-0.1, -0.05) is 44.2 Å². The van der Waals surface area contributed by atoms with Crippen LogP contribution in [-0.2, 0) is 0 Å². The molecule has 3 nitrogen and oxygen atoms in total. The fourth-order valence-electron chi connectivity index (χ4n) is 2.11. The van der Waals surface area contributed by atoms with E-state index in [0.717, 1.165) is 12.5 Å². The van der Waals surface area contributed by atoms with Crippen LogP contribution < -0.4 is 10.6 Å². The molecule has 2 N–H and O–H groups in total. The molecule has 1 atom stereocenters. The van der Waals surface area contributed by atoms with Crippen molar-refractivity contribution in [3.8, 4) is 0 Å². The fraction of sp³-hybridized carbons (Fsp3) is 0.562. The molecule has 1 aromatic rings. The number of nitrogens with zero attached hydrogens (tertiary/aromatic N) is 1. The lowest BCUT2D eigenvalue weighted by atomic mass is 9.88. The van der Waals surface area contributed by atoms with E-state index >= 15 is 0 Å². The van der Waals surface area contributed by atoms with Crippen LogP contribution in [0.5, 0.6) is 0 Å². The summed E-state index contributed by atoms with van der Waals surface area (Å²) in [4.78, 5) is 4.25. The van der Waals surface area contributed by atoms with Crippen molar-refractivity contribution in [3.63, 3.8) is 0 Å². The van der Waals surface area contributed by atoms with Crippen LogP contribution in [-0.4, -0.2) is 25.6 Å². The van der Waals surface area contributed by atoms with E-state index < -0.39 is 0 Å². The third-order valence-corrected chi connectivity index (χ3v) is 3.17. The SMILES string of the molecule is CN=C(NCC(c1ccccc1)C(C)C)NC(C)C. The number of hydrogen-bond donors (Lipinski definition) is 2. The molecule has 0 saturated heterocycles. The maximum atomic E-state index is 4.25. The lowest BCUT2D eigenvalue weighted by Crippen LogP contribution is -2.43. The predicted molar refractivity (Wildman–Crippen MR) is 83.7 cm³/mol. The summed E-state index contributed by atoms with van der Waals surface area (Å²) >= 11 is 0. The summed E-state index contributed by atoms with van der Waals surface area (Å²) in [5.41, 5.74) is 1.38. The highest BCUT2D eigenvalue weighted by Crippen LogP contribution is 2.23. The van der Waals surface area contributed by atoms with Crippen LogP contribution in [0.2, 0.25) is 0 Å². The summed E-state index contributed by atoms with van der Waals surface area (Å²) in [7, 11) is 1.81. The van der Waals surface area contributed by atoms with Gasteiger partial charge in [0.2, 0.25) is 0 Å². The van der Waals surface area contributed by atoms with Crippen LogP contribution in [0.3, 0.4) is 0 Å². The van der Waals surface area contributed by atoms with Crippen LogP contribution in [0, 0.1) is 5.92 Å². The first-order valence-electron chi connectivity index (χ1n) is 7.06. The van der Waals surface area contributed by atoms with E-state index in [1.54, 1.807) is 0 Å². The number of nitrogens with one attached hydrogen (secondary N) is 2. The first-order valence-corrected chi connectivity index (χ1v) is 7.06. The highest BCUT2D eigenvalue weighted by Gasteiger charge is 2.16. The number of rotatable bonds is 5. The summed E-state index contributed by atoms with van der Waals surface area (Å²) in [5, 5.41) is 6.73. The Morgan fingerprint density at radius 3 is 2.21 bits per heavy atom. The molecule has 1 aromatic carbocycles. The van der Waals surface area contributed by atoms with Gasteiger partial charge in [0.1, 0.15) is 0 Å². The smallest absolute Gasteiger partial charge is 0.191 e. The van der Waals surface area contributed by atoms with Gasteiger partial charge in [0.15, 0.2) is 5.96 Å². The van der Waals surface area contributed by atoms with Gasteiger partial charge in [0.25, 0.3) is 0 Å². The van der Waals surface area contributed by atoms with Crippen molar-refractivity contribution < 1.29 is 0 Å². The first-order chi connectivity index (χ1) is 9.04. The normalized spacial score (nSPS) is 13.7. The molecule has 1 rings (SSSR count). The summed E-state index contributed by atoms with van der Waals surface area (Å²) in [6, 6.07) is 11.1. The van der Waals surface area contributed by atoms with E-state index in [-0.39, 0.29) is 0 Å². The molecule has 0 spiro atoms. The maximum Gasteiger partial charge on any atom is 0.191 e. The van der Waals surface area contributed by atoms with Gasteiger partial charge in [-0.2, -0.15) is 0 Å². The standard InChI is InChI=1S/C16H27N3/c1-12(2)15(14-9-7-6-8-10-14)11-18-16(17-5)19-13(3)4/h6-10,12-13,15H,11H2,1-5H3,(H2,17,18,19). The van der Waals surface area contributed by atoms with E-state index in [9.17, 15) is 0 Å². The van der Waals surface area contributed by atoms with E-state index in [4.69, 9.17) is 0 Å². The summed E-state index contributed by atoms with van der Waals surface area (Å²) in [6.45, 7) is 9.65. The third-order valence-electron chi connectivity index (χ3n) is 3.17. The van der Waals surface area contributed by atoms with Crippen molar-refractivity contribution in [2.75, 3.05) is 13.6 Å². The Kier molecular flexibility index (Phi) is 6.40. The summed E-state index contributed by atoms with van der Waals surface area (Å²) < 4.78 is 0. The average molecular weight is 261 g/mol. The second-order valence-corrected chi connectivity index (χ2v) is 5.51. The number of hydrogen-bond acceptors (Lipinski definition) is 1. The quantitative estimate of drug-likeness (QED) is 0.631. The fourth-order valence-corrected chi connectivity index (χ4v) is 2.11. The van der Waals surface area contributed by atoms with Crippen molar-refractivity contribution >= 4 is 5.96 Å². The van der Waals surface area contributed by atoms with Crippen LogP contribution in [0.1, 0.15) is 39.2 Å². The highest BCUT2D eigenvalue weighted by molar-refractivity contribution is 5.79. The number of benzene rings is 1. The molecule has 0 aliphatic heterocycles. The topological polar surface area (TPSA) is 36.4 Å². The van der Waals surface area contributed by atoms with Gasteiger partial charge in [0.05, 0.1) is 0 Å². The summed E-state index contributed by atoms with van der Waals surface area (Å²) in [5.74, 6) is 1.95. The van der Waals surface area contributed by atoms with Gasteiger partial charge < -0.3 is 10.6 Å². The van der Waals surface area contributed by atoms with Gasteiger partial charge in [-0.3, -0.25) is 4.99 Å². The Bertz CT molecular complexity index is 382. The molecular weight excluding hydrogens is 234 g/mol. The Labute approximate surface area is 117 Å². The molecule has 0 bridgehead atoms. The zero-order valence-corrected chi connectivity index (χ0v) is 12.8. The van der Waals surface area contributed by atoms with Gasteiger partial charge in [-0.05, 0) is 25.3 Å². The third kappa shape index (κ3) is 5.33. The minimum Gasteiger partial charge on any atom is -0.356 e. The van der Waals surface area contributed by atoms with Crippen molar-refractivity contribution in [3.05, 3.63) is 35.9 Å². The molecule has 1 unspecified atom stereocenters. The van der Waals surface area contributed by atoms with Crippen molar-refractivity contribution in [2.45, 2.75) is 39.7 Å². The van der Waals surface area contributed by atoms with Crippen LogP contribution in [0.25, 0.3) is 0 Å². The molecular formula is C16H27N3. The second-order valence-electron chi connectivity index (χ2n) is 5.51. The molecule has 3 heteroatoms. The van der Waals surface area contributed by atoms with Gasteiger partial charge in [0, 0.05) is 25.6 Å². The first kappa shape index (κ1) is 15.5. The molecule has 19 heavy (non-hydrogen) atoms. The van der Waals surface area contributed by atoms with Crippen molar-refractivity contribution in [2.24, 2.45) is 10.9 Å². The summed E-state index contributed by atoms with van der Waals surface area (Å²) in [6.07, 6.45) is 0. The maximum absolute atomic E-state index is 4.25. The molecule has 106 valence electrons. The van der Waals surface area contributed by atoms with Gasteiger partial charge in [-0.15, -0.1) is 0 Å². The van der Waals surface area contributed by atoms with Gasteiger partial charge >= 0.3 is 0 Å². The largest absolute Gasteiger partial charge is 0.356 e. The molecule has 0 heterocycles. The molecule has 0 aromatic heterocycles. The van der Waals surface area contributed by atoms with Gasteiger partial charge in [-0.25, -0.2) is 0 Å². The van der Waals surface area contributed by atoms with E-state index in [1.165, 1.54) is 5.56 Å². The van der Waals surface area contributed by atoms with Crippen molar-refractivity contribution in [1.82, 2.24) is 10.6 Å². The lowest BCUT2D eigenvalue weighted by Gasteiger charge is -2.23. The van der Waals surface area contributed by atoms with Crippen LogP contribution in [0.15, 0.2) is 35.3 Å². The molecule has 0 fully saturated rings. The Morgan fingerprint density at radius 2 is 1.74 bits per heavy atom. The zero-order chi connectivity index (χ0) is 14.3. The second kappa shape index (κ2) is 7.82. The molecule has 0 amide bonds. The van der Waals surface area contributed by atoms with Crippen molar-refractivity contribution in [1.29, 1.82) is 0 Å². The monoisotopic (exact) mass is 261 g/mol. The zero-order valence-electron chi connectivity index (χ0n) is 12.8. The average Bonchev–Trinajstić information content (AvgIpc) is 2.38. The molecule has 0 aliphatic rings. The Balaban J connectivity index is 2.65. The van der Waals surface area contributed by atoms with E-state index in [1.807, 2.05) is 7.05 Å². The number of aliphatic imine (C=N–C) groups is 1. The number of guanidine groups is 1. The molecule has 0 radical (unpaired) electrons. The lowest BCUT2D eigenvalue weighted by molar-refractivity contribution is 0.487. The molecule has 0 aliphatic carbocycles. The highest BCUT2D eigenvalue weighted by atomic mass is 15.2. The van der Waals surface area contributed by atoms with Crippen LogP contribution in [0.4, 0.5) is 0 Å².